The van der Waals surface area contributed by atoms with Crippen LogP contribution in [0.3, 0.4) is 0 Å². The highest BCUT2D eigenvalue weighted by atomic mass is 16.2. The molecule has 3 aliphatic heterocycles. The zero-order chi connectivity index (χ0) is 25.6. The highest BCUT2D eigenvalue weighted by molar-refractivity contribution is 6.10. The average molecular weight is 498 g/mol. The van der Waals surface area contributed by atoms with Gasteiger partial charge in [-0.05, 0) is 65.4 Å². The number of carbonyl (C=O) groups excluding carboxylic acids is 1. The van der Waals surface area contributed by atoms with Crippen LogP contribution in [-0.4, -0.2) is 37.5 Å². The lowest BCUT2D eigenvalue weighted by Gasteiger charge is -2.47. The highest BCUT2D eigenvalue weighted by Crippen LogP contribution is 2.73. The molecular formula is C34H31N3O. The summed E-state index contributed by atoms with van der Waals surface area (Å²) in [5, 5.41) is 3.36. The number of hydrogen-bond donors (Lipinski definition) is 1. The predicted octanol–water partition coefficient (Wildman–Crippen LogP) is 6.13. The lowest BCUT2D eigenvalue weighted by molar-refractivity contribution is -0.128. The molecule has 4 aliphatic rings. The smallest absolute Gasteiger partial charge is 0.250 e. The minimum Gasteiger partial charge on any atom is -0.378 e. The van der Waals surface area contributed by atoms with Gasteiger partial charge in [0.15, 0.2) is 0 Å². The first-order valence-electron chi connectivity index (χ1n) is 13.7. The van der Waals surface area contributed by atoms with E-state index in [2.05, 4.69) is 120 Å². The van der Waals surface area contributed by atoms with Crippen LogP contribution in [-0.2, 0) is 15.7 Å². The van der Waals surface area contributed by atoms with Gasteiger partial charge in [-0.2, -0.15) is 0 Å². The van der Waals surface area contributed by atoms with Crippen LogP contribution in [0.5, 0.6) is 0 Å². The van der Waals surface area contributed by atoms with Gasteiger partial charge in [-0.1, -0.05) is 78.9 Å². The van der Waals surface area contributed by atoms with Gasteiger partial charge < -0.3 is 10.2 Å². The molecule has 4 aromatic carbocycles. The van der Waals surface area contributed by atoms with Crippen LogP contribution >= 0.6 is 0 Å². The fraction of sp³-hybridized carbons (Fsp3) is 0.265. The first kappa shape index (κ1) is 22.1. The van der Waals surface area contributed by atoms with Crippen molar-refractivity contribution in [2.24, 2.45) is 0 Å². The summed E-state index contributed by atoms with van der Waals surface area (Å²) < 4.78 is 0. The van der Waals surface area contributed by atoms with E-state index in [0.29, 0.717) is 0 Å². The third kappa shape index (κ3) is 2.39. The minimum absolute atomic E-state index is 0.115. The summed E-state index contributed by atoms with van der Waals surface area (Å²) >= 11 is 0. The predicted molar refractivity (Wildman–Crippen MR) is 153 cm³/mol. The van der Waals surface area contributed by atoms with Crippen LogP contribution < -0.4 is 10.2 Å². The normalized spacial score (nSPS) is 25.8. The van der Waals surface area contributed by atoms with E-state index in [1.165, 1.54) is 33.5 Å². The molecule has 2 spiro atoms. The van der Waals surface area contributed by atoms with Gasteiger partial charge in [-0.15, -0.1) is 0 Å². The summed E-state index contributed by atoms with van der Waals surface area (Å²) in [4.78, 5) is 19.5. The second kappa shape index (κ2) is 7.58. The third-order valence-electron chi connectivity index (χ3n) is 9.81. The Hall–Kier alpha value is -3.89. The molecule has 0 aromatic heterocycles. The number of carbonyl (C=O) groups is 1. The Morgan fingerprint density at radius 2 is 1.39 bits per heavy atom. The van der Waals surface area contributed by atoms with Gasteiger partial charge in [0.05, 0.1) is 5.41 Å². The molecule has 0 radical (unpaired) electrons. The molecule has 1 amide bonds. The molecule has 8 rings (SSSR count). The molecule has 2 fully saturated rings. The molecule has 0 saturated carbocycles. The maximum Gasteiger partial charge on any atom is 0.250 e. The largest absolute Gasteiger partial charge is 0.378 e. The number of amides is 1. The summed E-state index contributed by atoms with van der Waals surface area (Å²) in [5.74, 6) is 0.243. The molecule has 1 aliphatic carbocycles. The van der Waals surface area contributed by atoms with Crippen LogP contribution in [0.15, 0.2) is 97.1 Å². The molecule has 0 bridgehead atoms. The van der Waals surface area contributed by atoms with Gasteiger partial charge in [0.25, 0.3) is 5.91 Å². The van der Waals surface area contributed by atoms with Crippen LogP contribution in [0.25, 0.3) is 11.1 Å². The fourth-order valence-corrected chi connectivity index (χ4v) is 8.66. The van der Waals surface area contributed by atoms with E-state index in [-0.39, 0.29) is 17.9 Å². The lowest BCUT2D eigenvalue weighted by atomic mass is 9.55. The first-order chi connectivity index (χ1) is 18.6. The van der Waals surface area contributed by atoms with Crippen molar-refractivity contribution < 1.29 is 4.79 Å². The SMILES string of the molecule is CN(C)c1ccc([C@H]2C3CCCN3[C@@]3(C(=O)Nc4ccccc43)C23c2ccccc2-c2ccccc23)cc1. The van der Waals surface area contributed by atoms with Gasteiger partial charge in [0.2, 0.25) is 0 Å². The number of rotatable bonds is 2. The van der Waals surface area contributed by atoms with Gasteiger partial charge in [0, 0.05) is 43.0 Å². The van der Waals surface area contributed by atoms with Gasteiger partial charge in [-0.25, -0.2) is 0 Å². The second-order valence-electron chi connectivity index (χ2n) is 11.5. The van der Waals surface area contributed by atoms with Crippen molar-refractivity contribution in [2.45, 2.75) is 35.8 Å². The van der Waals surface area contributed by atoms with Crippen molar-refractivity contribution in [1.82, 2.24) is 4.90 Å². The van der Waals surface area contributed by atoms with E-state index in [0.717, 1.165) is 30.6 Å². The molecule has 4 aromatic rings. The molecule has 2 saturated heterocycles. The summed E-state index contributed by atoms with van der Waals surface area (Å²) in [7, 11) is 4.17. The quantitative estimate of drug-likeness (QED) is 0.362. The number of nitrogens with zero attached hydrogens (tertiary/aromatic N) is 2. The Bertz CT molecular complexity index is 1560. The molecule has 4 heteroatoms. The topological polar surface area (TPSA) is 35.6 Å². The van der Waals surface area contributed by atoms with Crippen molar-refractivity contribution in [3.8, 4) is 11.1 Å². The first-order valence-corrected chi connectivity index (χ1v) is 13.7. The zero-order valence-electron chi connectivity index (χ0n) is 21.8. The Labute approximate surface area is 223 Å². The monoisotopic (exact) mass is 497 g/mol. The van der Waals surface area contributed by atoms with E-state index in [1.807, 2.05) is 6.07 Å². The maximum atomic E-state index is 14.7. The average Bonchev–Trinajstić information content (AvgIpc) is 3.67. The Kier molecular flexibility index (Phi) is 4.41. The standard InChI is InChI=1S/C34H31N3O/c1-36(2)23-19-17-22(18-20-23)31-30-16-9-21-37(30)34(28-14-7-8-15-29(28)35-32(34)38)33(31)26-12-5-3-10-24(26)25-11-4-6-13-27(25)33/h3-8,10-15,17-20,30-31H,9,16,21H2,1-2H3,(H,35,38)/t30?,31-,34-/m0/s1. The molecule has 1 unspecified atom stereocenters. The van der Waals surface area contributed by atoms with Crippen molar-refractivity contribution in [1.29, 1.82) is 0 Å². The summed E-state index contributed by atoms with van der Waals surface area (Å²) in [6.07, 6.45) is 2.19. The number of nitrogens with one attached hydrogen (secondary N) is 1. The van der Waals surface area contributed by atoms with Crippen LogP contribution in [0.1, 0.15) is 41.0 Å². The summed E-state index contributed by atoms with van der Waals surface area (Å²) in [6.45, 7) is 0.921. The van der Waals surface area contributed by atoms with Crippen molar-refractivity contribution in [2.75, 3.05) is 30.9 Å². The number of hydrogen-bond acceptors (Lipinski definition) is 3. The van der Waals surface area contributed by atoms with E-state index in [1.54, 1.807) is 0 Å². The van der Waals surface area contributed by atoms with Crippen LogP contribution in [0.4, 0.5) is 11.4 Å². The van der Waals surface area contributed by atoms with Crippen molar-refractivity contribution in [3.63, 3.8) is 0 Å². The maximum absolute atomic E-state index is 14.7. The molecule has 3 heterocycles. The molecule has 1 N–H and O–H groups in total. The van der Waals surface area contributed by atoms with E-state index in [4.69, 9.17) is 0 Å². The lowest BCUT2D eigenvalue weighted by Crippen LogP contribution is -2.58. The molecule has 38 heavy (non-hydrogen) atoms. The molecule has 188 valence electrons. The zero-order valence-corrected chi connectivity index (χ0v) is 21.8. The second-order valence-corrected chi connectivity index (χ2v) is 11.5. The summed E-state index contributed by atoms with van der Waals surface area (Å²) in [6, 6.07) is 35.5. The number of para-hydroxylation sites is 1. The molecule has 3 atom stereocenters. The number of anilines is 2. The van der Waals surface area contributed by atoms with E-state index < -0.39 is 11.0 Å². The molecule has 4 nitrogen and oxygen atoms in total. The van der Waals surface area contributed by atoms with Gasteiger partial charge in [0.1, 0.15) is 5.54 Å². The summed E-state index contributed by atoms with van der Waals surface area (Å²) in [5.41, 5.74) is 8.28. The van der Waals surface area contributed by atoms with Gasteiger partial charge >= 0.3 is 0 Å². The highest BCUT2D eigenvalue weighted by Gasteiger charge is 2.77. The Balaban J connectivity index is 1.54. The Morgan fingerprint density at radius 1 is 0.789 bits per heavy atom. The van der Waals surface area contributed by atoms with Gasteiger partial charge in [-0.3, -0.25) is 9.69 Å². The molecular weight excluding hydrogens is 466 g/mol. The van der Waals surface area contributed by atoms with Crippen molar-refractivity contribution >= 4 is 17.3 Å². The van der Waals surface area contributed by atoms with Crippen molar-refractivity contribution in [3.05, 3.63) is 119 Å². The Morgan fingerprint density at radius 3 is 2.05 bits per heavy atom. The fourth-order valence-electron chi connectivity index (χ4n) is 8.66. The van der Waals surface area contributed by atoms with E-state index >= 15 is 0 Å². The third-order valence-corrected chi connectivity index (χ3v) is 9.81. The van der Waals surface area contributed by atoms with Crippen LogP contribution in [0.2, 0.25) is 0 Å². The number of fused-ring (bicyclic) bond motifs is 10. The number of benzene rings is 4. The minimum atomic E-state index is -0.821. The van der Waals surface area contributed by atoms with Crippen LogP contribution in [0, 0.1) is 0 Å². The van der Waals surface area contributed by atoms with E-state index in [9.17, 15) is 4.79 Å².